The van der Waals surface area contributed by atoms with Crippen molar-refractivity contribution >= 4 is 0 Å². The molecule has 0 aromatic heterocycles. The van der Waals surface area contributed by atoms with Gasteiger partial charge in [-0.2, -0.15) is 0 Å². The van der Waals surface area contributed by atoms with Gasteiger partial charge in [0.25, 0.3) is 0 Å². The lowest BCUT2D eigenvalue weighted by Crippen LogP contribution is -2.44. The minimum Gasteiger partial charge on any atom is -0.387 e. The normalized spacial score (nSPS) is 24.1. The first kappa shape index (κ1) is 14.5. The van der Waals surface area contributed by atoms with Crippen LogP contribution in [-0.2, 0) is 0 Å². The molecule has 0 amide bonds. The fourth-order valence-electron chi connectivity index (χ4n) is 2.93. The van der Waals surface area contributed by atoms with E-state index in [2.05, 4.69) is 17.1 Å². The van der Waals surface area contributed by atoms with Crippen molar-refractivity contribution in [2.75, 3.05) is 26.7 Å². The first-order chi connectivity index (χ1) is 9.20. The minimum atomic E-state index is -0.371. The van der Waals surface area contributed by atoms with E-state index in [1.165, 1.54) is 12.8 Å². The lowest BCUT2D eigenvalue weighted by molar-refractivity contribution is 0.0777. The number of aliphatic hydroxyl groups excluding tert-OH is 1. The predicted molar refractivity (Wildman–Crippen MR) is 79.1 cm³/mol. The van der Waals surface area contributed by atoms with E-state index < -0.39 is 0 Å². The molecule has 0 bridgehead atoms. The quantitative estimate of drug-likeness (QED) is 0.852. The number of nitrogens with one attached hydrogen (secondary N) is 1. The number of hydrogen-bond acceptors (Lipinski definition) is 3. The predicted octanol–water partition coefficient (Wildman–Crippen LogP) is 2.04. The van der Waals surface area contributed by atoms with Crippen LogP contribution >= 0.6 is 0 Å². The standard InChI is InChI=1S/C16H26N2O/c1-13(17-2)15-9-6-10-18(11-15)12-16(19)14-7-4-3-5-8-14/h3-5,7-8,13,15-17,19H,6,9-12H2,1-2H3. The molecule has 2 rings (SSSR count). The van der Waals surface area contributed by atoms with Crippen molar-refractivity contribution in [2.24, 2.45) is 5.92 Å². The van der Waals surface area contributed by atoms with Crippen molar-refractivity contribution in [3.63, 3.8) is 0 Å². The highest BCUT2D eigenvalue weighted by molar-refractivity contribution is 5.17. The fourth-order valence-corrected chi connectivity index (χ4v) is 2.93. The SMILES string of the molecule is CNC(C)C1CCCN(CC(O)c2ccccc2)C1. The Bertz CT molecular complexity index is 368. The van der Waals surface area contributed by atoms with Gasteiger partial charge in [-0.05, 0) is 44.8 Å². The third-order valence-corrected chi connectivity index (χ3v) is 4.32. The van der Waals surface area contributed by atoms with Crippen molar-refractivity contribution < 1.29 is 5.11 Å². The molecule has 0 radical (unpaired) electrons. The van der Waals surface area contributed by atoms with Gasteiger partial charge in [-0.15, -0.1) is 0 Å². The van der Waals surface area contributed by atoms with Gasteiger partial charge in [0, 0.05) is 19.1 Å². The van der Waals surface area contributed by atoms with E-state index in [1.54, 1.807) is 0 Å². The number of likely N-dealkylation sites (tertiary alicyclic amines) is 1. The Morgan fingerprint density at radius 2 is 2.11 bits per heavy atom. The van der Waals surface area contributed by atoms with Gasteiger partial charge in [-0.3, -0.25) is 0 Å². The van der Waals surface area contributed by atoms with Crippen LogP contribution in [0.15, 0.2) is 30.3 Å². The van der Waals surface area contributed by atoms with Crippen molar-refractivity contribution in [3.05, 3.63) is 35.9 Å². The Morgan fingerprint density at radius 3 is 2.79 bits per heavy atom. The molecule has 3 unspecified atom stereocenters. The molecule has 3 atom stereocenters. The first-order valence-corrected chi connectivity index (χ1v) is 7.33. The summed E-state index contributed by atoms with van der Waals surface area (Å²) in [4.78, 5) is 2.40. The molecule has 1 aromatic carbocycles. The zero-order valence-electron chi connectivity index (χ0n) is 12.0. The minimum absolute atomic E-state index is 0.371. The lowest BCUT2D eigenvalue weighted by Gasteiger charge is -2.36. The van der Waals surface area contributed by atoms with Crippen molar-refractivity contribution in [2.45, 2.75) is 31.9 Å². The van der Waals surface area contributed by atoms with Gasteiger partial charge in [-0.1, -0.05) is 30.3 Å². The molecule has 1 saturated heterocycles. The first-order valence-electron chi connectivity index (χ1n) is 7.33. The van der Waals surface area contributed by atoms with Crippen molar-refractivity contribution in [1.82, 2.24) is 10.2 Å². The Hall–Kier alpha value is -0.900. The molecule has 0 saturated carbocycles. The molecule has 3 heteroatoms. The zero-order valence-corrected chi connectivity index (χ0v) is 12.0. The van der Waals surface area contributed by atoms with Gasteiger partial charge in [0.1, 0.15) is 0 Å². The van der Waals surface area contributed by atoms with E-state index in [0.29, 0.717) is 12.0 Å². The number of rotatable bonds is 5. The molecule has 1 aliphatic rings. The van der Waals surface area contributed by atoms with E-state index in [9.17, 15) is 5.11 Å². The molecule has 0 aliphatic carbocycles. The van der Waals surface area contributed by atoms with Gasteiger partial charge in [-0.25, -0.2) is 0 Å². The van der Waals surface area contributed by atoms with Crippen molar-refractivity contribution in [3.8, 4) is 0 Å². The van der Waals surface area contributed by atoms with Crippen LogP contribution < -0.4 is 5.32 Å². The van der Waals surface area contributed by atoms with Gasteiger partial charge < -0.3 is 15.3 Å². The second kappa shape index (κ2) is 7.04. The maximum atomic E-state index is 10.3. The molecular formula is C16H26N2O. The Kier molecular flexibility index (Phi) is 5.37. The van der Waals surface area contributed by atoms with Crippen molar-refractivity contribution in [1.29, 1.82) is 0 Å². The van der Waals surface area contributed by atoms with Gasteiger partial charge in [0.05, 0.1) is 6.10 Å². The van der Waals surface area contributed by atoms with E-state index in [1.807, 2.05) is 37.4 Å². The maximum Gasteiger partial charge on any atom is 0.0916 e. The average Bonchev–Trinajstić information content (AvgIpc) is 2.47. The fraction of sp³-hybridized carbons (Fsp3) is 0.625. The molecule has 1 aliphatic heterocycles. The van der Waals surface area contributed by atoms with Crippen LogP contribution in [0.5, 0.6) is 0 Å². The van der Waals surface area contributed by atoms with E-state index >= 15 is 0 Å². The second-order valence-corrected chi connectivity index (χ2v) is 5.67. The molecular weight excluding hydrogens is 236 g/mol. The summed E-state index contributed by atoms with van der Waals surface area (Å²) in [6.07, 6.45) is 2.16. The average molecular weight is 262 g/mol. The summed E-state index contributed by atoms with van der Waals surface area (Å²) >= 11 is 0. The summed E-state index contributed by atoms with van der Waals surface area (Å²) in [6, 6.07) is 10.5. The molecule has 19 heavy (non-hydrogen) atoms. The highest BCUT2D eigenvalue weighted by atomic mass is 16.3. The largest absolute Gasteiger partial charge is 0.387 e. The number of β-amino-alcohol motifs (C(OH)–C–C–N with tert-alkyl or cyclic N) is 1. The van der Waals surface area contributed by atoms with E-state index in [-0.39, 0.29) is 6.10 Å². The Balaban J connectivity index is 1.88. The van der Waals surface area contributed by atoms with Gasteiger partial charge in [0.2, 0.25) is 0 Å². The van der Waals surface area contributed by atoms with Crippen LogP contribution in [0.1, 0.15) is 31.4 Å². The molecule has 1 heterocycles. The van der Waals surface area contributed by atoms with E-state index in [4.69, 9.17) is 0 Å². The third kappa shape index (κ3) is 4.03. The second-order valence-electron chi connectivity index (χ2n) is 5.67. The maximum absolute atomic E-state index is 10.3. The molecule has 2 N–H and O–H groups in total. The van der Waals surface area contributed by atoms with Gasteiger partial charge >= 0.3 is 0 Å². The number of aliphatic hydroxyl groups is 1. The highest BCUT2D eigenvalue weighted by Gasteiger charge is 2.25. The number of hydrogen-bond donors (Lipinski definition) is 2. The van der Waals surface area contributed by atoms with E-state index in [0.717, 1.165) is 25.2 Å². The lowest BCUT2D eigenvalue weighted by atomic mass is 9.91. The third-order valence-electron chi connectivity index (χ3n) is 4.32. The van der Waals surface area contributed by atoms with Crippen LogP contribution in [-0.4, -0.2) is 42.7 Å². The summed E-state index contributed by atoms with van der Waals surface area (Å²) in [5.74, 6) is 0.696. The highest BCUT2D eigenvalue weighted by Crippen LogP contribution is 2.22. The van der Waals surface area contributed by atoms with Crippen LogP contribution in [0.25, 0.3) is 0 Å². The number of nitrogens with zero attached hydrogens (tertiary/aromatic N) is 1. The van der Waals surface area contributed by atoms with Crippen LogP contribution in [0.2, 0.25) is 0 Å². The summed E-state index contributed by atoms with van der Waals surface area (Å²) in [5, 5.41) is 13.6. The van der Waals surface area contributed by atoms with Crippen LogP contribution in [0, 0.1) is 5.92 Å². The number of benzene rings is 1. The monoisotopic (exact) mass is 262 g/mol. The smallest absolute Gasteiger partial charge is 0.0916 e. The molecule has 106 valence electrons. The molecule has 0 spiro atoms. The molecule has 1 fully saturated rings. The van der Waals surface area contributed by atoms with Crippen LogP contribution in [0.4, 0.5) is 0 Å². The Labute approximate surface area is 116 Å². The number of piperidine rings is 1. The molecule has 3 nitrogen and oxygen atoms in total. The van der Waals surface area contributed by atoms with Gasteiger partial charge in [0.15, 0.2) is 0 Å². The summed E-state index contributed by atoms with van der Waals surface area (Å²) < 4.78 is 0. The summed E-state index contributed by atoms with van der Waals surface area (Å²) in [7, 11) is 2.03. The van der Waals surface area contributed by atoms with Crippen LogP contribution in [0.3, 0.4) is 0 Å². The summed E-state index contributed by atoms with van der Waals surface area (Å²) in [5.41, 5.74) is 1.02. The Morgan fingerprint density at radius 1 is 1.37 bits per heavy atom. The zero-order chi connectivity index (χ0) is 13.7. The summed E-state index contributed by atoms with van der Waals surface area (Å²) in [6.45, 7) is 5.20. The topological polar surface area (TPSA) is 35.5 Å². The molecule has 1 aromatic rings.